The van der Waals surface area contributed by atoms with Crippen molar-refractivity contribution in [2.45, 2.75) is 17.6 Å². The van der Waals surface area contributed by atoms with Gasteiger partial charge in [0.1, 0.15) is 4.75 Å². The number of nitrogens with zero attached hydrogens (tertiary/aromatic N) is 3. The molecule has 1 atom stereocenters. The highest BCUT2D eigenvalue weighted by atomic mass is 32.2. The fourth-order valence-corrected chi connectivity index (χ4v) is 8.25. The second-order valence-corrected chi connectivity index (χ2v) is 12.4. The number of hydroxylamine groups is 1. The molecule has 4 aromatic rings. The maximum atomic E-state index is 13.8. The third-order valence-electron chi connectivity index (χ3n) is 6.72. The number of hydrogen-bond acceptors (Lipinski definition) is 9. The van der Waals surface area contributed by atoms with Gasteiger partial charge in [-0.1, -0.05) is 24.3 Å². The largest absolute Gasteiger partial charge is 0.444 e. The van der Waals surface area contributed by atoms with E-state index in [9.17, 15) is 23.2 Å². The van der Waals surface area contributed by atoms with E-state index in [1.165, 1.54) is 28.8 Å². The lowest BCUT2D eigenvalue weighted by Gasteiger charge is -2.30. The predicted molar refractivity (Wildman–Crippen MR) is 140 cm³/mol. The SMILES string of the molecule is O=C(CC1(c2ccc(-c3ccc(-c4cnco4)cc3)s2)CCN(C(=O)c2cccnc2)CCS1(=O)=O)NO. The van der Waals surface area contributed by atoms with E-state index >= 15 is 0 Å². The molecular weight excluding hydrogens is 528 g/mol. The minimum Gasteiger partial charge on any atom is -0.444 e. The molecule has 1 fully saturated rings. The highest BCUT2D eigenvalue weighted by Gasteiger charge is 2.50. The summed E-state index contributed by atoms with van der Waals surface area (Å²) in [5, 5.41) is 9.27. The molecule has 10 nitrogen and oxygen atoms in total. The maximum absolute atomic E-state index is 13.8. The zero-order valence-electron chi connectivity index (χ0n) is 20.1. The number of thiophene rings is 1. The van der Waals surface area contributed by atoms with Crippen LogP contribution >= 0.6 is 11.3 Å². The van der Waals surface area contributed by atoms with Gasteiger partial charge in [-0.15, -0.1) is 11.3 Å². The molecule has 0 aliphatic carbocycles. The Morgan fingerprint density at radius 2 is 1.84 bits per heavy atom. The third-order valence-corrected chi connectivity index (χ3v) is 10.7. The highest BCUT2D eigenvalue weighted by molar-refractivity contribution is 7.92. The molecule has 0 spiro atoms. The van der Waals surface area contributed by atoms with Crippen LogP contribution in [-0.4, -0.2) is 59.1 Å². The van der Waals surface area contributed by atoms with Gasteiger partial charge in [-0.2, -0.15) is 0 Å². The molecule has 1 unspecified atom stereocenters. The van der Waals surface area contributed by atoms with Crippen LogP contribution in [0.3, 0.4) is 0 Å². The Hall–Kier alpha value is -3.87. The van der Waals surface area contributed by atoms with Crippen LogP contribution in [0, 0.1) is 0 Å². The van der Waals surface area contributed by atoms with Crippen molar-refractivity contribution in [1.82, 2.24) is 20.3 Å². The molecular formula is C26H24N4O6S2. The molecule has 1 aromatic carbocycles. The number of nitrogens with one attached hydrogen (secondary N) is 1. The molecule has 3 aromatic heterocycles. The lowest BCUT2D eigenvalue weighted by molar-refractivity contribution is -0.129. The lowest BCUT2D eigenvalue weighted by Crippen LogP contribution is -2.41. The van der Waals surface area contributed by atoms with Crippen LogP contribution in [0.1, 0.15) is 28.1 Å². The van der Waals surface area contributed by atoms with Crippen molar-refractivity contribution < 1.29 is 27.6 Å². The summed E-state index contributed by atoms with van der Waals surface area (Å²) in [6.45, 7) is 0.102. The minimum atomic E-state index is -3.92. The molecule has 2 amide bonds. The molecule has 1 aliphatic rings. The molecule has 5 rings (SSSR count). The molecule has 1 aliphatic heterocycles. The summed E-state index contributed by atoms with van der Waals surface area (Å²) in [7, 11) is -3.92. The Morgan fingerprint density at radius 1 is 1.05 bits per heavy atom. The van der Waals surface area contributed by atoms with Crippen LogP contribution < -0.4 is 5.48 Å². The van der Waals surface area contributed by atoms with E-state index < -0.39 is 26.9 Å². The highest BCUT2D eigenvalue weighted by Crippen LogP contribution is 2.45. The quantitative estimate of drug-likeness (QED) is 0.273. The number of carbonyl (C=O) groups excluding carboxylic acids is 2. The monoisotopic (exact) mass is 552 g/mol. The number of carbonyl (C=O) groups is 2. The van der Waals surface area contributed by atoms with Gasteiger partial charge in [-0.3, -0.25) is 19.8 Å². The molecule has 38 heavy (non-hydrogen) atoms. The standard InChI is InChI=1S/C26H24N4O6S2/c31-24(29-33)14-26(9-11-30(12-13-38(26,34)35)25(32)20-2-1-10-27-15-20)23-8-7-22(37-23)19-5-3-18(4-6-19)21-16-28-17-36-21/h1-8,10,15-17,33H,9,11-14H2,(H,29,31). The topological polar surface area (TPSA) is 143 Å². The first-order chi connectivity index (χ1) is 18.3. The number of benzene rings is 1. The fraction of sp³-hybridized carbons (Fsp3) is 0.231. The van der Waals surface area contributed by atoms with E-state index in [1.54, 1.807) is 36.1 Å². The van der Waals surface area contributed by atoms with Crippen LogP contribution in [0.15, 0.2) is 77.9 Å². The minimum absolute atomic E-state index is 0.000853. The number of aromatic nitrogens is 2. The van der Waals surface area contributed by atoms with Gasteiger partial charge in [-0.25, -0.2) is 18.9 Å². The number of oxazole rings is 1. The van der Waals surface area contributed by atoms with E-state index in [1.807, 2.05) is 30.3 Å². The summed E-state index contributed by atoms with van der Waals surface area (Å²) < 4.78 is 31.3. The van der Waals surface area contributed by atoms with Gasteiger partial charge in [0.15, 0.2) is 22.0 Å². The number of hydrogen-bond donors (Lipinski definition) is 2. The van der Waals surface area contributed by atoms with Crippen molar-refractivity contribution >= 4 is 33.0 Å². The van der Waals surface area contributed by atoms with E-state index in [-0.39, 0.29) is 31.2 Å². The third kappa shape index (κ3) is 4.85. The summed E-state index contributed by atoms with van der Waals surface area (Å²) in [5.41, 5.74) is 3.66. The Labute approximate surface area is 222 Å². The summed E-state index contributed by atoms with van der Waals surface area (Å²) in [6, 6.07) is 14.4. The van der Waals surface area contributed by atoms with Crippen LogP contribution in [-0.2, 0) is 19.4 Å². The molecule has 0 radical (unpaired) electrons. The molecule has 1 saturated heterocycles. The van der Waals surface area contributed by atoms with E-state index in [0.717, 1.165) is 16.0 Å². The maximum Gasteiger partial charge on any atom is 0.255 e. The van der Waals surface area contributed by atoms with Gasteiger partial charge in [0, 0.05) is 40.8 Å². The van der Waals surface area contributed by atoms with Gasteiger partial charge >= 0.3 is 0 Å². The van der Waals surface area contributed by atoms with E-state index in [0.29, 0.717) is 16.2 Å². The zero-order valence-corrected chi connectivity index (χ0v) is 21.7. The van der Waals surface area contributed by atoms with Crippen LogP contribution in [0.4, 0.5) is 0 Å². The van der Waals surface area contributed by atoms with Gasteiger partial charge in [0.2, 0.25) is 5.91 Å². The first-order valence-corrected chi connectivity index (χ1v) is 14.2. The summed E-state index contributed by atoms with van der Waals surface area (Å²) in [6.07, 6.45) is 5.50. The Kier molecular flexibility index (Phi) is 7.11. The first-order valence-electron chi connectivity index (χ1n) is 11.8. The Morgan fingerprint density at radius 3 is 2.53 bits per heavy atom. The first kappa shape index (κ1) is 25.8. The van der Waals surface area contributed by atoms with Crippen molar-refractivity contribution in [1.29, 1.82) is 0 Å². The van der Waals surface area contributed by atoms with Crippen LogP contribution in [0.5, 0.6) is 0 Å². The summed E-state index contributed by atoms with van der Waals surface area (Å²) in [4.78, 5) is 36.1. The van der Waals surface area contributed by atoms with E-state index in [2.05, 4.69) is 9.97 Å². The lowest BCUT2D eigenvalue weighted by atomic mass is 9.97. The second-order valence-electron chi connectivity index (χ2n) is 8.92. The Bertz CT molecular complexity index is 1540. The molecule has 2 N–H and O–H groups in total. The van der Waals surface area contributed by atoms with Crippen molar-refractivity contribution in [2.75, 3.05) is 18.8 Å². The van der Waals surface area contributed by atoms with Gasteiger partial charge in [-0.05, 0) is 36.2 Å². The van der Waals surface area contributed by atoms with Crippen molar-refractivity contribution in [2.24, 2.45) is 0 Å². The average molecular weight is 553 g/mol. The van der Waals surface area contributed by atoms with E-state index in [4.69, 9.17) is 4.42 Å². The predicted octanol–water partition coefficient (Wildman–Crippen LogP) is 3.52. The summed E-state index contributed by atoms with van der Waals surface area (Å²) >= 11 is 1.27. The number of sulfone groups is 1. The Balaban J connectivity index is 1.48. The van der Waals surface area contributed by atoms with Crippen LogP contribution in [0.25, 0.3) is 21.8 Å². The number of pyridine rings is 1. The number of amides is 2. The van der Waals surface area contributed by atoms with Gasteiger partial charge < -0.3 is 9.32 Å². The smallest absolute Gasteiger partial charge is 0.255 e. The molecule has 196 valence electrons. The molecule has 4 heterocycles. The fourth-order valence-electron chi connectivity index (χ4n) is 4.64. The zero-order chi connectivity index (χ0) is 26.8. The molecule has 12 heteroatoms. The molecule has 0 saturated carbocycles. The average Bonchev–Trinajstić information content (AvgIpc) is 3.63. The number of rotatable bonds is 6. The normalized spacial score (nSPS) is 19.0. The van der Waals surface area contributed by atoms with Crippen molar-refractivity contribution in [3.8, 4) is 21.8 Å². The second kappa shape index (κ2) is 10.5. The molecule has 0 bridgehead atoms. The van der Waals surface area contributed by atoms with Crippen molar-refractivity contribution in [3.05, 3.63) is 84.0 Å². The van der Waals surface area contributed by atoms with Gasteiger partial charge in [0.05, 0.1) is 23.9 Å². The summed E-state index contributed by atoms with van der Waals surface area (Å²) in [5.74, 6) is -0.828. The van der Waals surface area contributed by atoms with Gasteiger partial charge in [0.25, 0.3) is 5.91 Å². The van der Waals surface area contributed by atoms with Crippen molar-refractivity contribution in [3.63, 3.8) is 0 Å². The van der Waals surface area contributed by atoms with Crippen LogP contribution in [0.2, 0.25) is 0 Å².